The third-order valence-corrected chi connectivity index (χ3v) is 4.88. The summed E-state index contributed by atoms with van der Waals surface area (Å²) in [7, 11) is 7.32. The van der Waals surface area contributed by atoms with Crippen molar-refractivity contribution >= 4 is 11.9 Å². The molecule has 150 valence electrons. The number of likely N-dealkylation sites (N-methyl/N-ethyl adjacent to an activating group) is 1. The Bertz CT molecular complexity index is 649. The third-order valence-electron chi connectivity index (χ3n) is 4.88. The number of likely N-dealkylation sites (tertiary alicyclic amines) is 1. The molecule has 1 aliphatic heterocycles. The van der Waals surface area contributed by atoms with Crippen molar-refractivity contribution < 1.29 is 9.18 Å². The number of guanidine groups is 1. The number of benzene rings is 1. The van der Waals surface area contributed by atoms with Crippen LogP contribution in [0.15, 0.2) is 29.3 Å². The minimum Gasteiger partial charge on any atom is -0.356 e. The number of rotatable bonds is 7. The fourth-order valence-corrected chi connectivity index (χ4v) is 3.52. The molecule has 0 aromatic heterocycles. The zero-order valence-electron chi connectivity index (χ0n) is 16.9. The Hall–Kier alpha value is -2.15. The van der Waals surface area contributed by atoms with Crippen molar-refractivity contribution in [3.05, 3.63) is 35.6 Å². The van der Waals surface area contributed by atoms with Crippen LogP contribution in [0.2, 0.25) is 0 Å². The molecule has 1 saturated heterocycles. The zero-order valence-corrected chi connectivity index (χ0v) is 16.9. The molecule has 0 saturated carbocycles. The average Bonchev–Trinajstić information content (AvgIpc) is 3.09. The first-order valence-corrected chi connectivity index (χ1v) is 9.54. The summed E-state index contributed by atoms with van der Waals surface area (Å²) < 4.78 is 13.3. The second-order valence-corrected chi connectivity index (χ2v) is 7.24. The summed E-state index contributed by atoms with van der Waals surface area (Å²) in [4.78, 5) is 22.5. The van der Waals surface area contributed by atoms with Crippen molar-refractivity contribution in [2.75, 3.05) is 47.8 Å². The highest BCUT2D eigenvalue weighted by Gasteiger charge is 2.30. The van der Waals surface area contributed by atoms with Gasteiger partial charge in [-0.3, -0.25) is 14.7 Å². The lowest BCUT2D eigenvalue weighted by Gasteiger charge is -2.26. The Morgan fingerprint density at radius 1 is 1.37 bits per heavy atom. The largest absolute Gasteiger partial charge is 0.356 e. The van der Waals surface area contributed by atoms with E-state index in [1.807, 2.05) is 32.1 Å². The lowest BCUT2D eigenvalue weighted by Crippen LogP contribution is -2.44. The lowest BCUT2D eigenvalue weighted by molar-refractivity contribution is -0.133. The van der Waals surface area contributed by atoms with Crippen LogP contribution in [-0.4, -0.2) is 80.4 Å². The van der Waals surface area contributed by atoms with Gasteiger partial charge in [0.15, 0.2) is 5.96 Å². The highest BCUT2D eigenvalue weighted by Crippen LogP contribution is 2.18. The van der Waals surface area contributed by atoms with Gasteiger partial charge < -0.3 is 15.1 Å². The zero-order chi connectivity index (χ0) is 19.8. The van der Waals surface area contributed by atoms with Crippen molar-refractivity contribution in [3.63, 3.8) is 0 Å². The van der Waals surface area contributed by atoms with Crippen LogP contribution in [0.1, 0.15) is 24.8 Å². The molecule has 2 rings (SSSR count). The summed E-state index contributed by atoms with van der Waals surface area (Å²) in [5.41, 5.74) is 0.905. The number of hydrogen-bond acceptors (Lipinski definition) is 3. The molecule has 1 atom stereocenters. The van der Waals surface area contributed by atoms with Crippen LogP contribution in [-0.2, 0) is 11.3 Å². The number of nitrogens with one attached hydrogen (secondary N) is 1. The van der Waals surface area contributed by atoms with E-state index < -0.39 is 0 Å². The molecule has 1 fully saturated rings. The van der Waals surface area contributed by atoms with Crippen molar-refractivity contribution in [1.29, 1.82) is 0 Å². The van der Waals surface area contributed by atoms with Crippen molar-refractivity contribution in [2.24, 2.45) is 4.99 Å². The molecular weight excluding hydrogens is 345 g/mol. The first-order valence-electron chi connectivity index (χ1n) is 9.54. The Labute approximate surface area is 162 Å². The number of halogens is 1. The molecule has 0 bridgehead atoms. The van der Waals surface area contributed by atoms with Gasteiger partial charge in [-0.25, -0.2) is 4.39 Å². The minimum absolute atomic E-state index is 0.0231. The van der Waals surface area contributed by atoms with Gasteiger partial charge in [0, 0.05) is 47.8 Å². The van der Waals surface area contributed by atoms with Crippen molar-refractivity contribution in [3.8, 4) is 0 Å². The lowest BCUT2D eigenvalue weighted by atomic mass is 10.2. The van der Waals surface area contributed by atoms with Gasteiger partial charge in [-0.1, -0.05) is 12.1 Å². The van der Waals surface area contributed by atoms with E-state index in [1.54, 1.807) is 24.1 Å². The molecule has 27 heavy (non-hydrogen) atoms. The maximum absolute atomic E-state index is 13.3. The van der Waals surface area contributed by atoms with Crippen LogP contribution < -0.4 is 5.32 Å². The monoisotopic (exact) mass is 377 g/mol. The van der Waals surface area contributed by atoms with E-state index in [0.717, 1.165) is 50.4 Å². The molecule has 1 aromatic rings. The molecule has 1 aromatic carbocycles. The molecule has 7 heteroatoms. The molecular formula is C20H32FN5O. The Morgan fingerprint density at radius 2 is 2.15 bits per heavy atom. The van der Waals surface area contributed by atoms with E-state index in [2.05, 4.69) is 15.2 Å². The van der Waals surface area contributed by atoms with Crippen LogP contribution in [0.25, 0.3) is 0 Å². The molecule has 6 nitrogen and oxygen atoms in total. The van der Waals surface area contributed by atoms with Gasteiger partial charge in [-0.05, 0) is 43.5 Å². The number of carbonyl (C=O) groups is 1. The maximum Gasteiger partial charge on any atom is 0.239 e. The van der Waals surface area contributed by atoms with E-state index in [0.29, 0.717) is 6.54 Å². The second-order valence-electron chi connectivity index (χ2n) is 7.24. The molecule has 0 spiro atoms. The summed E-state index contributed by atoms with van der Waals surface area (Å²) in [6.45, 7) is 3.24. The van der Waals surface area contributed by atoms with E-state index in [4.69, 9.17) is 0 Å². The molecule has 1 heterocycles. The normalized spacial score (nSPS) is 17.8. The molecule has 1 N–H and O–H groups in total. The number of nitrogens with zero attached hydrogens (tertiary/aromatic N) is 4. The third kappa shape index (κ3) is 6.20. The predicted molar refractivity (Wildman–Crippen MR) is 107 cm³/mol. The summed E-state index contributed by atoms with van der Waals surface area (Å²) in [5, 5.41) is 3.35. The van der Waals surface area contributed by atoms with Crippen molar-refractivity contribution in [1.82, 2.24) is 20.0 Å². The highest BCUT2D eigenvalue weighted by atomic mass is 19.1. The first kappa shape index (κ1) is 21.2. The Kier molecular flexibility index (Phi) is 8.03. The van der Waals surface area contributed by atoms with Gasteiger partial charge in [-0.15, -0.1) is 0 Å². The smallest absolute Gasteiger partial charge is 0.239 e. The average molecular weight is 378 g/mol. The van der Waals surface area contributed by atoms with E-state index in [1.165, 1.54) is 6.07 Å². The Balaban J connectivity index is 1.76. The van der Waals surface area contributed by atoms with E-state index >= 15 is 0 Å². The molecule has 1 amide bonds. The topological polar surface area (TPSA) is 51.2 Å². The number of amides is 1. The number of carbonyl (C=O) groups excluding carboxylic acids is 1. The minimum atomic E-state index is -0.226. The van der Waals surface area contributed by atoms with Gasteiger partial charge >= 0.3 is 0 Å². The fourth-order valence-electron chi connectivity index (χ4n) is 3.52. The molecule has 0 radical (unpaired) electrons. The van der Waals surface area contributed by atoms with Crippen LogP contribution in [0.5, 0.6) is 0 Å². The molecule has 0 aliphatic carbocycles. The van der Waals surface area contributed by atoms with Gasteiger partial charge in [0.25, 0.3) is 0 Å². The van der Waals surface area contributed by atoms with Crippen LogP contribution in [0, 0.1) is 5.82 Å². The van der Waals surface area contributed by atoms with Crippen LogP contribution >= 0.6 is 0 Å². The molecule has 1 aliphatic rings. The highest BCUT2D eigenvalue weighted by molar-refractivity contribution is 5.81. The van der Waals surface area contributed by atoms with Crippen LogP contribution in [0.4, 0.5) is 4.39 Å². The quantitative estimate of drug-likeness (QED) is 0.447. The number of aliphatic imine (C=N–C) groups is 1. The van der Waals surface area contributed by atoms with Gasteiger partial charge in [0.2, 0.25) is 5.91 Å². The van der Waals surface area contributed by atoms with E-state index in [-0.39, 0.29) is 17.8 Å². The first-order chi connectivity index (χ1) is 12.9. The van der Waals surface area contributed by atoms with Gasteiger partial charge in [0.05, 0.1) is 6.04 Å². The summed E-state index contributed by atoms with van der Waals surface area (Å²) in [5.74, 6) is 0.754. The van der Waals surface area contributed by atoms with Crippen LogP contribution in [0.3, 0.4) is 0 Å². The van der Waals surface area contributed by atoms with Crippen molar-refractivity contribution in [2.45, 2.75) is 31.8 Å². The standard InChI is InChI=1S/C20H32FN5O/c1-22-20(25(4)15-16-8-5-9-17(21)14-16)23-11-7-13-26-12-6-10-18(26)19(27)24(2)3/h5,8-9,14,18H,6-7,10-13,15H2,1-4H3,(H,22,23). The summed E-state index contributed by atoms with van der Waals surface area (Å²) in [6.07, 6.45) is 2.96. The second kappa shape index (κ2) is 10.3. The fraction of sp³-hybridized carbons (Fsp3) is 0.600. The summed E-state index contributed by atoms with van der Waals surface area (Å²) >= 11 is 0. The van der Waals surface area contributed by atoms with Gasteiger partial charge in [0.1, 0.15) is 5.82 Å². The predicted octanol–water partition coefficient (Wildman–Crippen LogP) is 1.78. The van der Waals surface area contributed by atoms with Gasteiger partial charge in [-0.2, -0.15) is 0 Å². The SMILES string of the molecule is CN=C(NCCCN1CCCC1C(=O)N(C)C)N(C)Cc1cccc(F)c1. The summed E-state index contributed by atoms with van der Waals surface area (Å²) in [6, 6.07) is 6.63. The maximum atomic E-state index is 13.3. The molecule has 1 unspecified atom stereocenters. The van der Waals surface area contributed by atoms with E-state index in [9.17, 15) is 9.18 Å². The number of hydrogen-bond donors (Lipinski definition) is 1. The Morgan fingerprint density at radius 3 is 2.81 bits per heavy atom.